The van der Waals surface area contributed by atoms with E-state index in [2.05, 4.69) is 6.58 Å². The van der Waals surface area contributed by atoms with Crippen molar-refractivity contribution in [2.75, 3.05) is 0 Å². The minimum atomic E-state index is -0.381. The van der Waals surface area contributed by atoms with Gasteiger partial charge in [-0.25, -0.2) is 0 Å². The summed E-state index contributed by atoms with van der Waals surface area (Å²) in [5.41, 5.74) is 2.02. The van der Waals surface area contributed by atoms with Crippen molar-refractivity contribution in [1.82, 2.24) is 0 Å². The van der Waals surface area contributed by atoms with Crippen LogP contribution in [0.3, 0.4) is 0 Å². The Labute approximate surface area is 67.0 Å². The Morgan fingerprint density at radius 2 is 1.91 bits per heavy atom. The second-order valence-electron chi connectivity index (χ2n) is 2.55. The van der Waals surface area contributed by atoms with E-state index in [4.69, 9.17) is 5.11 Å². The van der Waals surface area contributed by atoms with Gasteiger partial charge in [0.05, 0.1) is 6.10 Å². The smallest absolute Gasteiger partial charge is 0.0761 e. The fraction of sp³-hybridized carbons (Fsp3) is 0.200. The summed E-state index contributed by atoms with van der Waals surface area (Å²) in [5, 5.41) is 9.16. The van der Waals surface area contributed by atoms with Crippen LogP contribution in [0.5, 0.6) is 0 Å². The average molecular weight is 148 g/mol. The summed E-state index contributed by atoms with van der Waals surface area (Å²) in [4.78, 5) is 0. The molecule has 1 heteroatoms. The van der Waals surface area contributed by atoms with Crippen molar-refractivity contribution in [3.05, 3.63) is 42.0 Å². The summed E-state index contributed by atoms with van der Waals surface area (Å²) in [6.45, 7) is 5.40. The van der Waals surface area contributed by atoms with E-state index in [0.717, 1.165) is 11.1 Å². The molecule has 0 aliphatic carbocycles. The first-order valence-electron chi connectivity index (χ1n) is 3.64. The van der Waals surface area contributed by atoms with Crippen molar-refractivity contribution in [1.29, 1.82) is 0 Å². The van der Waals surface area contributed by atoms with Gasteiger partial charge < -0.3 is 5.11 Å². The molecule has 0 spiro atoms. The highest BCUT2D eigenvalue weighted by Gasteiger charge is 1.97. The van der Waals surface area contributed by atoms with E-state index in [9.17, 15) is 0 Å². The largest absolute Gasteiger partial charge is 0.389 e. The third kappa shape index (κ3) is 1.92. The molecule has 58 valence electrons. The van der Waals surface area contributed by atoms with Gasteiger partial charge in [0.25, 0.3) is 0 Å². The lowest BCUT2D eigenvalue weighted by molar-refractivity contribution is 0.199. The zero-order chi connectivity index (χ0) is 8.27. The van der Waals surface area contributed by atoms with Crippen molar-refractivity contribution in [2.45, 2.75) is 13.0 Å². The fourth-order valence-electron chi connectivity index (χ4n) is 0.911. The zero-order valence-corrected chi connectivity index (χ0v) is 6.62. The summed E-state index contributed by atoms with van der Waals surface area (Å²) in [5.74, 6) is 0. The molecule has 11 heavy (non-hydrogen) atoms. The van der Waals surface area contributed by atoms with Gasteiger partial charge >= 0.3 is 0 Å². The lowest BCUT2D eigenvalue weighted by Crippen LogP contribution is -1.89. The Kier molecular flexibility index (Phi) is 2.44. The first kappa shape index (κ1) is 8.02. The molecule has 0 aromatic heterocycles. The lowest BCUT2D eigenvalue weighted by Gasteiger charge is -2.03. The Hall–Kier alpha value is -1.08. The maximum Gasteiger partial charge on any atom is 0.0761 e. The van der Waals surface area contributed by atoms with Crippen molar-refractivity contribution < 1.29 is 5.11 Å². The van der Waals surface area contributed by atoms with Crippen LogP contribution >= 0.6 is 0 Å². The van der Waals surface area contributed by atoms with Crippen LogP contribution in [0, 0.1) is 0 Å². The van der Waals surface area contributed by atoms with Crippen LogP contribution in [0.1, 0.15) is 24.2 Å². The second kappa shape index (κ2) is 3.35. The second-order valence-corrected chi connectivity index (χ2v) is 2.55. The Bertz CT molecular complexity index is 234. The maximum atomic E-state index is 9.16. The van der Waals surface area contributed by atoms with Gasteiger partial charge in [-0.2, -0.15) is 0 Å². The Morgan fingerprint density at radius 3 is 2.27 bits per heavy atom. The van der Waals surface area contributed by atoms with Crippen LogP contribution < -0.4 is 0 Å². The highest BCUT2D eigenvalue weighted by atomic mass is 16.3. The quantitative estimate of drug-likeness (QED) is 0.682. The van der Waals surface area contributed by atoms with Crippen LogP contribution in [0.15, 0.2) is 30.8 Å². The van der Waals surface area contributed by atoms with Gasteiger partial charge in [0.2, 0.25) is 0 Å². The van der Waals surface area contributed by atoms with E-state index in [0.29, 0.717) is 0 Å². The lowest BCUT2D eigenvalue weighted by atomic mass is 10.1. The maximum absolute atomic E-state index is 9.16. The van der Waals surface area contributed by atoms with E-state index in [1.165, 1.54) is 0 Å². The van der Waals surface area contributed by atoms with Gasteiger partial charge in [0.1, 0.15) is 0 Å². The normalized spacial score (nSPS) is 12.5. The predicted molar refractivity (Wildman–Crippen MR) is 47.2 cm³/mol. The van der Waals surface area contributed by atoms with E-state index in [1.807, 2.05) is 24.3 Å². The molecule has 0 saturated carbocycles. The minimum absolute atomic E-state index is 0.381. The molecule has 1 aromatic carbocycles. The average Bonchev–Trinajstić information content (AvgIpc) is 2.05. The molecule has 0 amide bonds. The monoisotopic (exact) mass is 148 g/mol. The zero-order valence-electron chi connectivity index (χ0n) is 6.62. The first-order valence-corrected chi connectivity index (χ1v) is 3.64. The summed E-state index contributed by atoms with van der Waals surface area (Å²) in [6, 6.07) is 7.69. The molecule has 0 heterocycles. The number of aliphatic hydroxyl groups excluding tert-OH is 1. The van der Waals surface area contributed by atoms with Crippen molar-refractivity contribution in [2.24, 2.45) is 0 Å². The van der Waals surface area contributed by atoms with Crippen LogP contribution in [0.4, 0.5) is 0 Å². The van der Waals surface area contributed by atoms with E-state index >= 15 is 0 Å². The van der Waals surface area contributed by atoms with Gasteiger partial charge in [-0.3, -0.25) is 0 Å². The molecule has 1 N–H and O–H groups in total. The highest BCUT2D eigenvalue weighted by molar-refractivity contribution is 5.47. The summed E-state index contributed by atoms with van der Waals surface area (Å²) >= 11 is 0. The first-order chi connectivity index (χ1) is 5.24. The van der Waals surface area contributed by atoms with Gasteiger partial charge in [-0.05, 0) is 18.1 Å². The molecule has 1 rings (SSSR count). The third-order valence-corrected chi connectivity index (χ3v) is 1.65. The molecule has 1 atom stereocenters. The summed E-state index contributed by atoms with van der Waals surface area (Å²) in [6.07, 6.45) is 1.40. The van der Waals surface area contributed by atoms with Gasteiger partial charge in [0.15, 0.2) is 0 Å². The number of benzene rings is 1. The topological polar surface area (TPSA) is 20.2 Å². The SMILES string of the molecule is C=Cc1ccc([C@H](C)O)cc1. The van der Waals surface area contributed by atoms with Gasteiger partial charge in [-0.15, -0.1) is 0 Å². The van der Waals surface area contributed by atoms with Crippen LogP contribution in [0.25, 0.3) is 6.08 Å². The number of hydrogen-bond donors (Lipinski definition) is 1. The molecule has 0 aliphatic heterocycles. The minimum Gasteiger partial charge on any atom is -0.389 e. The molecule has 0 saturated heterocycles. The standard InChI is InChI=1S/C10H12O/c1-3-9-4-6-10(7-5-9)8(2)11/h3-8,11H,1H2,2H3/t8-/m0/s1. The van der Waals surface area contributed by atoms with E-state index in [-0.39, 0.29) is 6.10 Å². The van der Waals surface area contributed by atoms with Crippen molar-refractivity contribution in [3.8, 4) is 0 Å². The molecular weight excluding hydrogens is 136 g/mol. The number of rotatable bonds is 2. The van der Waals surface area contributed by atoms with Gasteiger partial charge in [0, 0.05) is 0 Å². The Balaban J connectivity index is 2.91. The van der Waals surface area contributed by atoms with E-state index < -0.39 is 0 Å². The van der Waals surface area contributed by atoms with Crippen molar-refractivity contribution >= 4 is 6.08 Å². The summed E-state index contributed by atoms with van der Waals surface area (Å²) in [7, 11) is 0. The van der Waals surface area contributed by atoms with E-state index in [1.54, 1.807) is 13.0 Å². The number of hydrogen-bond acceptors (Lipinski definition) is 1. The number of aliphatic hydroxyl groups is 1. The fourth-order valence-corrected chi connectivity index (χ4v) is 0.911. The highest BCUT2D eigenvalue weighted by Crippen LogP contribution is 2.12. The molecule has 0 aliphatic rings. The summed E-state index contributed by atoms with van der Waals surface area (Å²) < 4.78 is 0. The molecular formula is C10H12O. The van der Waals surface area contributed by atoms with Crippen molar-refractivity contribution in [3.63, 3.8) is 0 Å². The molecule has 0 unspecified atom stereocenters. The third-order valence-electron chi connectivity index (χ3n) is 1.65. The molecule has 1 nitrogen and oxygen atoms in total. The molecule has 0 fully saturated rings. The van der Waals surface area contributed by atoms with Crippen LogP contribution in [-0.2, 0) is 0 Å². The Morgan fingerprint density at radius 1 is 1.36 bits per heavy atom. The molecule has 0 radical (unpaired) electrons. The van der Waals surface area contributed by atoms with Crippen LogP contribution in [0.2, 0.25) is 0 Å². The molecule has 1 aromatic rings. The van der Waals surface area contributed by atoms with Gasteiger partial charge in [-0.1, -0.05) is 36.9 Å². The molecule has 0 bridgehead atoms. The predicted octanol–water partition coefficient (Wildman–Crippen LogP) is 2.38. The van der Waals surface area contributed by atoms with Crippen LogP contribution in [-0.4, -0.2) is 5.11 Å².